The molecule has 2 aromatic carbocycles. The van der Waals surface area contributed by atoms with Gasteiger partial charge in [-0.3, -0.25) is 4.79 Å². The Morgan fingerprint density at radius 1 is 1.00 bits per heavy atom. The molecule has 2 aromatic rings. The first kappa shape index (κ1) is 24.2. The third-order valence-electron chi connectivity index (χ3n) is 6.19. The van der Waals surface area contributed by atoms with Crippen LogP contribution < -0.4 is 26.1 Å². The van der Waals surface area contributed by atoms with Gasteiger partial charge < -0.3 is 5.32 Å². The molecule has 0 spiro atoms. The van der Waals surface area contributed by atoms with Crippen LogP contribution in [0.3, 0.4) is 0 Å². The van der Waals surface area contributed by atoms with Crippen LogP contribution in [-0.4, -0.2) is 30.9 Å². The van der Waals surface area contributed by atoms with Crippen LogP contribution in [0.2, 0.25) is 0 Å². The number of hydrogen-bond donors (Lipinski definition) is 4. The Morgan fingerprint density at radius 2 is 1.65 bits per heavy atom. The molecule has 182 valence electrons. The lowest BCUT2D eigenvalue weighted by Gasteiger charge is -2.30. The number of carbonyl (C=O) groups is 1. The van der Waals surface area contributed by atoms with Gasteiger partial charge in [-0.25, -0.2) is 23.7 Å². The van der Waals surface area contributed by atoms with Crippen molar-refractivity contribution in [2.75, 3.05) is 10.3 Å². The van der Waals surface area contributed by atoms with Gasteiger partial charge >= 0.3 is 0 Å². The lowest BCUT2D eigenvalue weighted by molar-refractivity contribution is -0.120. The maximum Gasteiger partial charge on any atom is 0.227 e. The highest BCUT2D eigenvalue weighted by atomic mass is 32.2. The zero-order chi connectivity index (χ0) is 24.3. The second-order valence-electron chi connectivity index (χ2n) is 9.68. The number of amidine groups is 1. The Labute approximate surface area is 201 Å². The summed E-state index contributed by atoms with van der Waals surface area (Å²) in [5.41, 5.74) is 8.35. The average Bonchev–Trinajstić information content (AvgIpc) is 3.30. The molecule has 4 rings (SSSR count). The van der Waals surface area contributed by atoms with Gasteiger partial charge in [0.05, 0.1) is 10.4 Å². The SMILES string of the molecule is CC(C)(C)S(=O)(=O)NC1CCC(C(=O)Nc2ccc(C3=NNNN3c3ccccc3)cc2)CC1. The number of nitrogens with zero attached hydrogens (tertiary/aromatic N) is 2. The molecule has 4 N–H and O–H groups in total. The molecule has 0 atom stereocenters. The van der Waals surface area contributed by atoms with Gasteiger partial charge in [0.15, 0.2) is 5.84 Å². The molecule has 0 aromatic heterocycles. The molecule has 1 saturated carbocycles. The third-order valence-corrected chi connectivity index (χ3v) is 8.44. The van der Waals surface area contributed by atoms with Crippen molar-refractivity contribution in [1.29, 1.82) is 0 Å². The summed E-state index contributed by atoms with van der Waals surface area (Å²) in [6.45, 7) is 5.06. The molecule has 1 heterocycles. The number of hydrazine groups is 2. The summed E-state index contributed by atoms with van der Waals surface area (Å²) in [6, 6.07) is 17.3. The highest BCUT2D eigenvalue weighted by Gasteiger charge is 2.34. The van der Waals surface area contributed by atoms with Crippen molar-refractivity contribution in [2.45, 2.75) is 57.2 Å². The maximum atomic E-state index is 12.8. The molecule has 0 radical (unpaired) electrons. The number of anilines is 2. The van der Waals surface area contributed by atoms with Gasteiger partial charge in [-0.05, 0) is 82.9 Å². The molecule has 0 unspecified atom stereocenters. The number of carbonyl (C=O) groups excluding carboxylic acids is 1. The highest BCUT2D eigenvalue weighted by molar-refractivity contribution is 7.90. The summed E-state index contributed by atoms with van der Waals surface area (Å²) in [5.74, 6) is 0.564. The van der Waals surface area contributed by atoms with Gasteiger partial charge in [-0.2, -0.15) is 0 Å². The molecule has 1 amide bonds. The number of nitrogens with one attached hydrogen (secondary N) is 4. The second-order valence-corrected chi connectivity index (χ2v) is 12.1. The van der Waals surface area contributed by atoms with E-state index in [1.165, 1.54) is 0 Å². The first-order valence-corrected chi connectivity index (χ1v) is 13.0. The van der Waals surface area contributed by atoms with Crippen molar-refractivity contribution < 1.29 is 13.2 Å². The van der Waals surface area contributed by atoms with Crippen LogP contribution in [0.1, 0.15) is 52.0 Å². The molecule has 34 heavy (non-hydrogen) atoms. The van der Waals surface area contributed by atoms with Crippen molar-refractivity contribution in [2.24, 2.45) is 11.0 Å². The Bertz CT molecular complexity index is 1140. The predicted molar refractivity (Wildman–Crippen MR) is 134 cm³/mol. The van der Waals surface area contributed by atoms with Crippen molar-refractivity contribution in [3.05, 3.63) is 60.2 Å². The van der Waals surface area contributed by atoms with E-state index in [4.69, 9.17) is 0 Å². The third kappa shape index (κ3) is 5.40. The summed E-state index contributed by atoms with van der Waals surface area (Å²) in [6.07, 6.45) is 2.62. The molecule has 1 fully saturated rings. The number of amides is 1. The van der Waals surface area contributed by atoms with Crippen molar-refractivity contribution in [3.8, 4) is 0 Å². The molecule has 1 aliphatic carbocycles. The van der Waals surface area contributed by atoms with Crippen LogP contribution in [0.25, 0.3) is 0 Å². The summed E-state index contributed by atoms with van der Waals surface area (Å²) < 4.78 is 26.7. The topological polar surface area (TPSA) is 115 Å². The van der Waals surface area contributed by atoms with Gasteiger partial charge in [-0.15, -0.1) is 10.6 Å². The molecule has 0 bridgehead atoms. The maximum absolute atomic E-state index is 12.8. The highest BCUT2D eigenvalue weighted by Crippen LogP contribution is 2.28. The van der Waals surface area contributed by atoms with Gasteiger partial charge in [0, 0.05) is 23.2 Å². The number of rotatable bonds is 6. The summed E-state index contributed by atoms with van der Waals surface area (Å²) >= 11 is 0. The molecule has 0 saturated heterocycles. The van der Waals surface area contributed by atoms with E-state index >= 15 is 0 Å². The van der Waals surface area contributed by atoms with Crippen molar-refractivity contribution >= 4 is 33.1 Å². The van der Waals surface area contributed by atoms with Gasteiger partial charge in [0.25, 0.3) is 0 Å². The Hall–Kier alpha value is -2.95. The smallest absolute Gasteiger partial charge is 0.227 e. The Balaban J connectivity index is 1.32. The standard InChI is InChI=1S/C24H32N6O3S/c1-24(2,3)34(32,33)27-20-15-11-18(12-16-20)23(31)25-19-13-9-17(10-14-19)22-26-28-29-30(22)21-7-5-4-6-8-21/h4-10,13-14,18,20,27-29H,11-12,15-16H2,1-3H3,(H,25,31). The monoisotopic (exact) mass is 484 g/mol. The van der Waals surface area contributed by atoms with E-state index in [2.05, 4.69) is 26.2 Å². The molecule has 9 nitrogen and oxygen atoms in total. The van der Waals surface area contributed by atoms with E-state index in [0.717, 1.165) is 22.8 Å². The fourth-order valence-electron chi connectivity index (χ4n) is 4.01. The minimum Gasteiger partial charge on any atom is -0.326 e. The van der Waals surface area contributed by atoms with E-state index in [1.54, 1.807) is 20.8 Å². The van der Waals surface area contributed by atoms with Gasteiger partial charge in [0.2, 0.25) is 15.9 Å². The Kier molecular flexibility index (Phi) is 6.92. The number of hydrogen-bond acceptors (Lipinski definition) is 7. The molecular weight excluding hydrogens is 452 g/mol. The second kappa shape index (κ2) is 9.73. The van der Waals surface area contributed by atoms with E-state index in [1.807, 2.05) is 59.6 Å². The van der Waals surface area contributed by atoms with Gasteiger partial charge in [0.1, 0.15) is 0 Å². The average molecular weight is 485 g/mol. The van der Waals surface area contributed by atoms with Crippen LogP contribution in [0, 0.1) is 5.92 Å². The number of sulfonamides is 1. The van der Waals surface area contributed by atoms with Crippen LogP contribution in [0.4, 0.5) is 11.4 Å². The van der Waals surface area contributed by atoms with E-state index in [0.29, 0.717) is 25.7 Å². The number of hydrazone groups is 1. The Morgan fingerprint density at radius 3 is 2.26 bits per heavy atom. The van der Waals surface area contributed by atoms with Crippen LogP contribution in [-0.2, 0) is 14.8 Å². The minimum atomic E-state index is -3.39. The van der Waals surface area contributed by atoms with Crippen LogP contribution >= 0.6 is 0 Å². The van der Waals surface area contributed by atoms with Crippen LogP contribution in [0.5, 0.6) is 0 Å². The fraction of sp³-hybridized carbons (Fsp3) is 0.417. The predicted octanol–water partition coefficient (Wildman–Crippen LogP) is 3.09. The summed E-state index contributed by atoms with van der Waals surface area (Å²) in [4.78, 5) is 12.8. The lowest BCUT2D eigenvalue weighted by atomic mass is 9.86. The van der Waals surface area contributed by atoms with E-state index in [-0.39, 0.29) is 17.9 Å². The zero-order valence-electron chi connectivity index (χ0n) is 19.7. The largest absolute Gasteiger partial charge is 0.326 e. The summed E-state index contributed by atoms with van der Waals surface area (Å²) in [7, 11) is -3.39. The molecule has 10 heteroatoms. The fourth-order valence-corrected chi connectivity index (χ4v) is 5.03. The molecular formula is C24H32N6O3S. The first-order valence-electron chi connectivity index (χ1n) is 11.5. The first-order chi connectivity index (χ1) is 16.1. The minimum absolute atomic E-state index is 0.0302. The van der Waals surface area contributed by atoms with E-state index in [9.17, 15) is 13.2 Å². The quantitative estimate of drug-likeness (QED) is 0.501. The van der Waals surface area contributed by atoms with Gasteiger partial charge in [-0.1, -0.05) is 18.2 Å². The number of para-hydroxylation sites is 1. The van der Waals surface area contributed by atoms with Crippen molar-refractivity contribution in [1.82, 2.24) is 15.8 Å². The summed E-state index contributed by atoms with van der Waals surface area (Å²) in [5, 5.41) is 9.17. The van der Waals surface area contributed by atoms with Crippen molar-refractivity contribution in [3.63, 3.8) is 0 Å². The molecule has 1 aliphatic heterocycles. The normalized spacial score (nSPS) is 21.0. The lowest BCUT2D eigenvalue weighted by Crippen LogP contribution is -2.46. The zero-order valence-corrected chi connectivity index (χ0v) is 20.5. The van der Waals surface area contributed by atoms with E-state index < -0.39 is 14.8 Å². The van der Waals surface area contributed by atoms with Crippen LogP contribution in [0.15, 0.2) is 59.7 Å². The molecule has 2 aliphatic rings. The number of benzene rings is 2.